The molecule has 2 amide bonds. The Morgan fingerprint density at radius 1 is 1.41 bits per heavy atom. The summed E-state index contributed by atoms with van der Waals surface area (Å²) in [6.07, 6.45) is 0.796. The smallest absolute Gasteiger partial charge is 0.327 e. The van der Waals surface area contributed by atoms with Crippen molar-refractivity contribution < 1.29 is 19.5 Å². The number of carboxylic acids is 1. The van der Waals surface area contributed by atoms with E-state index in [4.69, 9.17) is 10.8 Å². The van der Waals surface area contributed by atoms with Crippen LogP contribution in [-0.2, 0) is 14.4 Å². The molecule has 7 nitrogen and oxygen atoms in total. The first-order valence-corrected chi connectivity index (χ1v) is 9.06. The van der Waals surface area contributed by atoms with Crippen molar-refractivity contribution in [3.05, 3.63) is 0 Å². The fourth-order valence-electron chi connectivity index (χ4n) is 3.17. The van der Waals surface area contributed by atoms with Gasteiger partial charge >= 0.3 is 5.97 Å². The van der Waals surface area contributed by atoms with E-state index in [1.165, 1.54) is 16.7 Å². The molecule has 4 aliphatic heterocycles. The number of hydrogen-bond acceptors (Lipinski definition) is 6. The van der Waals surface area contributed by atoms with Crippen molar-refractivity contribution in [3.63, 3.8) is 0 Å². The summed E-state index contributed by atoms with van der Waals surface area (Å²) in [5.74, 6) is 0.293. The maximum Gasteiger partial charge on any atom is 0.327 e. The van der Waals surface area contributed by atoms with Gasteiger partial charge in [0.05, 0.1) is 11.8 Å². The summed E-state index contributed by atoms with van der Waals surface area (Å²) in [6, 6.07) is -1.27. The summed E-state index contributed by atoms with van der Waals surface area (Å²) in [4.78, 5) is 36.3. The van der Waals surface area contributed by atoms with Crippen LogP contribution in [0.15, 0.2) is 0 Å². The topological polar surface area (TPSA) is 104 Å². The van der Waals surface area contributed by atoms with Crippen LogP contribution < -0.4 is 5.73 Å². The number of carboxylic acid groups (broad SMARTS) is 1. The predicted molar refractivity (Wildman–Crippen MR) is 84.3 cm³/mol. The van der Waals surface area contributed by atoms with Gasteiger partial charge < -0.3 is 20.6 Å². The van der Waals surface area contributed by atoms with E-state index in [1.807, 2.05) is 30.5 Å². The molecule has 0 spiro atoms. The minimum atomic E-state index is -0.953. The van der Waals surface area contributed by atoms with E-state index in [0.29, 0.717) is 11.3 Å². The van der Waals surface area contributed by atoms with Gasteiger partial charge in [-0.25, -0.2) is 4.79 Å². The molecule has 0 aliphatic carbocycles. The van der Waals surface area contributed by atoms with Crippen molar-refractivity contribution in [2.24, 2.45) is 5.73 Å². The molecule has 4 atom stereocenters. The minimum absolute atomic E-state index is 0.154. The number of hydrogen-bond donors (Lipinski definition) is 2. The molecule has 4 heterocycles. The maximum atomic E-state index is 11.4. The van der Waals surface area contributed by atoms with E-state index in [9.17, 15) is 14.4 Å². The average Bonchev–Trinajstić information content (AvgIpc) is 2.94. The largest absolute Gasteiger partial charge is 0.480 e. The lowest BCUT2D eigenvalue weighted by molar-refractivity contribution is -0.159. The lowest BCUT2D eigenvalue weighted by Gasteiger charge is -2.41. The predicted octanol–water partition coefficient (Wildman–Crippen LogP) is -0.248. The Kier molecular flexibility index (Phi) is 3.85. The van der Waals surface area contributed by atoms with Crippen LogP contribution in [0.25, 0.3) is 0 Å². The summed E-state index contributed by atoms with van der Waals surface area (Å²) in [7, 11) is 0. The van der Waals surface area contributed by atoms with Crippen LogP contribution in [0.2, 0.25) is 0 Å². The highest BCUT2D eigenvalue weighted by molar-refractivity contribution is 8.01. The second-order valence-corrected chi connectivity index (χ2v) is 9.30. The molecule has 3 N–H and O–H groups in total. The van der Waals surface area contributed by atoms with Crippen molar-refractivity contribution in [1.29, 1.82) is 0 Å². The second kappa shape index (κ2) is 5.31. The number of carbonyl (C=O) groups is 3. The molecule has 0 aromatic heterocycles. The molecule has 0 aromatic carbocycles. The molecule has 4 fully saturated rings. The number of nitrogens with zero attached hydrogens (tertiary/aromatic N) is 2. The Bertz CT molecular complexity index is 541. The monoisotopic (exact) mass is 345 g/mol. The number of aliphatic carboxylic acids is 1. The van der Waals surface area contributed by atoms with Crippen LogP contribution in [0.5, 0.6) is 0 Å². The summed E-state index contributed by atoms with van der Waals surface area (Å²) in [6.45, 7) is 4.65. The number of β-lactam (4-membered cyclic amide) rings is 2. The third-order valence-corrected chi connectivity index (χ3v) is 7.19. The van der Waals surface area contributed by atoms with Crippen molar-refractivity contribution in [1.82, 2.24) is 9.80 Å². The third-order valence-electron chi connectivity index (χ3n) is 4.38. The van der Waals surface area contributed by atoms with Gasteiger partial charge in [0.1, 0.15) is 17.5 Å². The molecule has 0 aromatic rings. The molecule has 0 radical (unpaired) electrons. The van der Waals surface area contributed by atoms with Crippen LogP contribution in [0.4, 0.5) is 0 Å². The zero-order valence-corrected chi connectivity index (χ0v) is 14.0. The van der Waals surface area contributed by atoms with E-state index < -0.39 is 22.8 Å². The van der Waals surface area contributed by atoms with Crippen LogP contribution in [0.3, 0.4) is 0 Å². The molecule has 4 aliphatic rings. The highest BCUT2D eigenvalue weighted by Crippen LogP contribution is 2.50. The molecular formula is C13H19N3O4S2. The molecule has 122 valence electrons. The number of amides is 2. The van der Waals surface area contributed by atoms with Gasteiger partial charge in [0, 0.05) is 17.0 Å². The van der Waals surface area contributed by atoms with Gasteiger partial charge in [0.2, 0.25) is 11.8 Å². The standard InChI is InChI=1S/C8H12N2O3S.C5H7NOS/c1-8(2)4(7(12)13)10-5(11)3(9)6(10)14-8;7-4-3-5-6(4)1-2-8-5/h3-4,6H,9H2,1-2H3,(H,12,13);5H,1-3H2/t3-,4+,6-;5-/m11/s1. The van der Waals surface area contributed by atoms with Gasteiger partial charge in [-0.15, -0.1) is 23.5 Å². The molecule has 4 saturated heterocycles. The van der Waals surface area contributed by atoms with Gasteiger partial charge in [-0.2, -0.15) is 0 Å². The third kappa shape index (κ3) is 2.30. The normalized spacial score (nSPS) is 37.6. The number of rotatable bonds is 1. The lowest BCUT2D eigenvalue weighted by Crippen LogP contribution is -2.68. The number of carbonyl (C=O) groups excluding carboxylic acids is 2. The Hall–Kier alpha value is -0.930. The fourth-order valence-corrected chi connectivity index (χ4v) is 5.98. The van der Waals surface area contributed by atoms with Crippen LogP contribution in [0.1, 0.15) is 20.3 Å². The zero-order valence-electron chi connectivity index (χ0n) is 12.4. The van der Waals surface area contributed by atoms with Crippen molar-refractivity contribution >= 4 is 41.3 Å². The van der Waals surface area contributed by atoms with Crippen LogP contribution >= 0.6 is 23.5 Å². The Labute approximate surface area is 136 Å². The van der Waals surface area contributed by atoms with E-state index in [-0.39, 0.29) is 11.3 Å². The number of fused-ring (bicyclic) bond motifs is 2. The fraction of sp³-hybridized carbons (Fsp3) is 0.769. The van der Waals surface area contributed by atoms with Crippen molar-refractivity contribution in [3.8, 4) is 0 Å². The quantitative estimate of drug-likeness (QED) is 0.632. The summed E-state index contributed by atoms with van der Waals surface area (Å²) in [5.41, 5.74) is 5.59. The molecule has 0 saturated carbocycles. The Balaban J connectivity index is 0.000000151. The van der Waals surface area contributed by atoms with Gasteiger partial charge in [-0.05, 0) is 13.8 Å². The Morgan fingerprint density at radius 2 is 2.09 bits per heavy atom. The number of thioether (sulfide) groups is 2. The first kappa shape index (κ1) is 15.9. The summed E-state index contributed by atoms with van der Waals surface area (Å²) >= 11 is 3.37. The highest BCUT2D eigenvalue weighted by atomic mass is 32.2. The molecule has 4 rings (SSSR count). The molecule has 0 unspecified atom stereocenters. The highest BCUT2D eigenvalue weighted by Gasteiger charge is 2.62. The van der Waals surface area contributed by atoms with Crippen molar-refractivity contribution in [2.45, 2.75) is 47.8 Å². The zero-order chi connectivity index (χ0) is 16.2. The number of nitrogens with two attached hydrogens (primary N) is 1. The van der Waals surface area contributed by atoms with Gasteiger partial charge in [-0.1, -0.05) is 0 Å². The van der Waals surface area contributed by atoms with Gasteiger partial charge in [0.25, 0.3) is 0 Å². The van der Waals surface area contributed by atoms with E-state index in [1.54, 1.807) is 0 Å². The molecule has 0 bridgehead atoms. The van der Waals surface area contributed by atoms with E-state index in [0.717, 1.165) is 18.7 Å². The van der Waals surface area contributed by atoms with Crippen LogP contribution in [-0.4, -0.2) is 72.6 Å². The first-order chi connectivity index (χ1) is 10.2. The second-order valence-electron chi connectivity index (χ2n) is 6.24. The molecule has 9 heteroatoms. The van der Waals surface area contributed by atoms with Gasteiger partial charge in [0.15, 0.2) is 0 Å². The first-order valence-electron chi connectivity index (χ1n) is 7.13. The molecular weight excluding hydrogens is 326 g/mol. The lowest BCUT2D eigenvalue weighted by atomic mass is 9.96. The Morgan fingerprint density at radius 3 is 2.59 bits per heavy atom. The average molecular weight is 345 g/mol. The van der Waals surface area contributed by atoms with Gasteiger partial charge in [-0.3, -0.25) is 9.59 Å². The SMILES string of the molecule is CC1(C)S[C@@H]2[C@H](N)C(=O)N2[C@H]1C(=O)O.O=C1C[C@H]2SCCN12. The van der Waals surface area contributed by atoms with Crippen molar-refractivity contribution in [2.75, 3.05) is 12.3 Å². The summed E-state index contributed by atoms with van der Waals surface area (Å²) < 4.78 is -0.458. The minimum Gasteiger partial charge on any atom is -0.480 e. The van der Waals surface area contributed by atoms with E-state index >= 15 is 0 Å². The van der Waals surface area contributed by atoms with E-state index in [2.05, 4.69) is 0 Å². The summed E-state index contributed by atoms with van der Waals surface area (Å²) in [5, 5.41) is 9.44. The molecule has 22 heavy (non-hydrogen) atoms. The maximum absolute atomic E-state index is 11.4. The van der Waals surface area contributed by atoms with Crippen LogP contribution in [0, 0.1) is 0 Å².